The van der Waals surface area contributed by atoms with Crippen LogP contribution in [0.5, 0.6) is 5.75 Å². The minimum Gasteiger partial charge on any atom is -0.497 e. The van der Waals surface area contributed by atoms with Crippen LogP contribution in [0.15, 0.2) is 82.6 Å². The normalized spacial score (nSPS) is 19.5. The van der Waals surface area contributed by atoms with Crippen molar-refractivity contribution in [3.05, 3.63) is 104 Å². The first-order chi connectivity index (χ1) is 21.0. The fraction of sp³-hybridized carbons (Fsp3) is 0.273. The molecule has 1 aromatic heterocycles. The van der Waals surface area contributed by atoms with Gasteiger partial charge in [0, 0.05) is 16.5 Å². The van der Waals surface area contributed by atoms with Gasteiger partial charge in [-0.1, -0.05) is 68.1 Å². The molecule has 3 atom stereocenters. The van der Waals surface area contributed by atoms with Gasteiger partial charge in [-0.25, -0.2) is 9.29 Å². The summed E-state index contributed by atoms with van der Waals surface area (Å²) in [6.45, 7) is 6.04. The number of benzene rings is 3. The van der Waals surface area contributed by atoms with E-state index in [1.165, 1.54) is 33.7 Å². The van der Waals surface area contributed by atoms with Gasteiger partial charge in [0.25, 0.3) is 0 Å². The molecule has 226 valence electrons. The highest BCUT2D eigenvalue weighted by Crippen LogP contribution is 2.54. The Morgan fingerprint density at radius 2 is 1.59 bits per heavy atom. The van der Waals surface area contributed by atoms with E-state index in [4.69, 9.17) is 4.74 Å². The molecule has 3 heterocycles. The van der Waals surface area contributed by atoms with E-state index >= 15 is 0 Å². The second-order valence-corrected chi connectivity index (χ2v) is 13.9. The summed E-state index contributed by atoms with van der Waals surface area (Å²) in [6, 6.07) is 20.0. The van der Waals surface area contributed by atoms with Crippen molar-refractivity contribution in [2.75, 3.05) is 17.3 Å². The number of hydrogen-bond acceptors (Lipinski definition) is 7. The number of halogens is 1. The largest absolute Gasteiger partial charge is 0.497 e. The summed E-state index contributed by atoms with van der Waals surface area (Å²) in [5, 5.41) is 2.39. The fourth-order valence-corrected chi connectivity index (χ4v) is 8.44. The van der Waals surface area contributed by atoms with Crippen molar-refractivity contribution in [3.8, 4) is 5.75 Å². The summed E-state index contributed by atoms with van der Waals surface area (Å²) in [5.41, 5.74) is 2.67. The van der Waals surface area contributed by atoms with Crippen LogP contribution in [0.25, 0.3) is 0 Å². The zero-order valence-electron chi connectivity index (χ0n) is 24.5. The third-order valence-corrected chi connectivity index (χ3v) is 10.5. The van der Waals surface area contributed by atoms with Crippen LogP contribution in [-0.2, 0) is 26.3 Å². The Morgan fingerprint density at radius 1 is 0.932 bits per heavy atom. The number of hydrogen-bond donors (Lipinski definition) is 1. The number of methoxy groups -OCH3 is 1. The number of carbonyl (C=O) groups excluding carboxylic acids is 3. The average Bonchev–Trinajstić information content (AvgIpc) is 3.44. The van der Waals surface area contributed by atoms with Gasteiger partial charge in [0.15, 0.2) is 0 Å². The minimum atomic E-state index is -0.801. The molecule has 44 heavy (non-hydrogen) atoms. The van der Waals surface area contributed by atoms with Crippen molar-refractivity contribution < 1.29 is 23.5 Å². The molecule has 1 saturated heterocycles. The number of nitrogens with one attached hydrogen (secondary N) is 1. The zero-order chi connectivity index (χ0) is 31.3. The van der Waals surface area contributed by atoms with Crippen molar-refractivity contribution in [2.24, 2.45) is 5.92 Å². The van der Waals surface area contributed by atoms with Gasteiger partial charge in [0.2, 0.25) is 17.7 Å². The maximum Gasteiger partial charge on any atom is 0.308 e. The topological polar surface area (TPSA) is 97.7 Å². The molecule has 0 radical (unpaired) electrons. The number of thioether (sulfide) groups is 1. The first kappa shape index (κ1) is 29.8. The van der Waals surface area contributed by atoms with Gasteiger partial charge < -0.3 is 10.1 Å². The second-order valence-electron chi connectivity index (χ2n) is 11.8. The van der Waals surface area contributed by atoms with Crippen LogP contribution in [-0.4, -0.2) is 34.6 Å². The number of rotatable bonds is 6. The predicted molar refractivity (Wildman–Crippen MR) is 169 cm³/mol. The standard InChI is InChI=1S/C33H30FN3O5S2/c1-33(2,3)19-7-5-18(6-8-19)25-26-27(30(40)37(29(26)39)22-13-15-23(42-4)16-14-22)43-31-28(25)44-32(41)36(31)17-24(38)35-21-11-9-20(34)10-12-21/h5-16,25-27H,17H2,1-4H3,(H,35,38)/t25-,26-,27+/m0/s1. The number of ether oxygens (including phenoxy) is 1. The Labute approximate surface area is 261 Å². The highest BCUT2D eigenvalue weighted by atomic mass is 32.2. The Kier molecular flexibility index (Phi) is 7.71. The molecular formula is C33H30FN3O5S2. The Morgan fingerprint density at radius 3 is 2.20 bits per heavy atom. The molecule has 4 aromatic rings. The van der Waals surface area contributed by atoms with Crippen LogP contribution in [0.1, 0.15) is 42.7 Å². The van der Waals surface area contributed by atoms with E-state index < -0.39 is 28.8 Å². The molecule has 2 aliphatic rings. The summed E-state index contributed by atoms with van der Waals surface area (Å²) in [5.74, 6) is -2.33. The molecule has 1 fully saturated rings. The Bertz CT molecular complexity index is 1810. The lowest BCUT2D eigenvalue weighted by Gasteiger charge is -2.31. The van der Waals surface area contributed by atoms with E-state index in [2.05, 4.69) is 26.1 Å². The summed E-state index contributed by atoms with van der Waals surface area (Å²) >= 11 is 2.15. The van der Waals surface area contributed by atoms with Gasteiger partial charge in [-0.3, -0.25) is 23.7 Å². The molecule has 6 rings (SSSR count). The number of carbonyl (C=O) groups is 3. The predicted octanol–water partition coefficient (Wildman–Crippen LogP) is 5.79. The molecule has 0 bridgehead atoms. The molecule has 3 amide bonds. The minimum absolute atomic E-state index is 0.0923. The van der Waals surface area contributed by atoms with Crippen LogP contribution >= 0.6 is 23.1 Å². The Balaban J connectivity index is 1.41. The molecule has 1 N–H and O–H groups in total. The van der Waals surface area contributed by atoms with Crippen molar-refractivity contribution in [1.29, 1.82) is 0 Å². The first-order valence-corrected chi connectivity index (χ1v) is 15.7. The van der Waals surface area contributed by atoms with Gasteiger partial charge in [0.05, 0.1) is 23.7 Å². The van der Waals surface area contributed by atoms with Crippen molar-refractivity contribution >= 4 is 52.2 Å². The van der Waals surface area contributed by atoms with Gasteiger partial charge in [-0.2, -0.15) is 0 Å². The van der Waals surface area contributed by atoms with E-state index in [0.29, 0.717) is 27.0 Å². The lowest BCUT2D eigenvalue weighted by atomic mass is 9.81. The van der Waals surface area contributed by atoms with E-state index in [0.717, 1.165) is 34.2 Å². The smallest absolute Gasteiger partial charge is 0.308 e. The fourth-order valence-electron chi connectivity index (χ4n) is 5.67. The van der Waals surface area contributed by atoms with E-state index in [1.54, 1.807) is 31.4 Å². The molecule has 11 heteroatoms. The molecule has 8 nitrogen and oxygen atoms in total. The average molecular weight is 632 g/mol. The lowest BCUT2D eigenvalue weighted by Crippen LogP contribution is -2.33. The SMILES string of the molecule is COc1ccc(N2C(=O)[C@H]3[C@H](c4ccc(C(C)(C)C)cc4)c4sc(=O)n(CC(=O)Nc5ccc(F)cc5)c4S[C@H]3C2=O)cc1. The number of amides is 3. The zero-order valence-corrected chi connectivity index (χ0v) is 26.1. The third-order valence-electron chi connectivity index (χ3n) is 7.95. The van der Waals surface area contributed by atoms with Crippen molar-refractivity contribution in [2.45, 2.75) is 48.9 Å². The van der Waals surface area contributed by atoms with Gasteiger partial charge in [0.1, 0.15) is 23.4 Å². The number of thiazole rings is 1. The summed E-state index contributed by atoms with van der Waals surface area (Å²) < 4.78 is 20.0. The quantitative estimate of drug-likeness (QED) is 0.271. The maximum absolute atomic E-state index is 14.1. The number of fused-ring (bicyclic) bond motifs is 2. The van der Waals surface area contributed by atoms with E-state index in [-0.39, 0.29) is 28.6 Å². The van der Waals surface area contributed by atoms with Crippen LogP contribution < -0.4 is 19.8 Å². The van der Waals surface area contributed by atoms with E-state index in [9.17, 15) is 23.6 Å². The van der Waals surface area contributed by atoms with Crippen LogP contribution in [0.4, 0.5) is 15.8 Å². The number of anilines is 2. The third kappa shape index (κ3) is 5.35. The molecule has 0 unspecified atom stereocenters. The molecule has 0 aliphatic carbocycles. The van der Waals surface area contributed by atoms with Crippen molar-refractivity contribution in [3.63, 3.8) is 0 Å². The molecule has 3 aromatic carbocycles. The number of nitrogens with zero attached hydrogens (tertiary/aromatic N) is 2. The first-order valence-electron chi connectivity index (χ1n) is 14.0. The highest BCUT2D eigenvalue weighted by molar-refractivity contribution is 8.00. The second kappa shape index (κ2) is 11.4. The van der Waals surface area contributed by atoms with Crippen LogP contribution in [0.2, 0.25) is 0 Å². The van der Waals surface area contributed by atoms with Crippen molar-refractivity contribution in [1.82, 2.24) is 4.57 Å². The summed E-state index contributed by atoms with van der Waals surface area (Å²) in [4.78, 5) is 56.0. The molecule has 0 spiro atoms. The number of imide groups is 1. The molecular weight excluding hydrogens is 602 g/mol. The lowest BCUT2D eigenvalue weighted by molar-refractivity contribution is -0.122. The van der Waals surface area contributed by atoms with Gasteiger partial charge in [-0.05, 0) is 65.1 Å². The Hall–Kier alpha value is -4.22. The number of aromatic nitrogens is 1. The molecule has 2 aliphatic heterocycles. The van der Waals surface area contributed by atoms with Gasteiger partial charge >= 0.3 is 4.87 Å². The monoisotopic (exact) mass is 631 g/mol. The van der Waals surface area contributed by atoms with Crippen LogP contribution in [0.3, 0.4) is 0 Å². The highest BCUT2D eigenvalue weighted by Gasteiger charge is 2.56. The maximum atomic E-state index is 14.1. The molecule has 0 saturated carbocycles. The summed E-state index contributed by atoms with van der Waals surface area (Å²) in [6.07, 6.45) is 0. The van der Waals surface area contributed by atoms with Gasteiger partial charge in [-0.15, -0.1) is 0 Å². The van der Waals surface area contributed by atoms with Crippen LogP contribution in [0, 0.1) is 11.7 Å². The van der Waals surface area contributed by atoms with E-state index in [1.807, 2.05) is 24.3 Å². The summed E-state index contributed by atoms with van der Waals surface area (Å²) in [7, 11) is 1.54.